The Morgan fingerprint density at radius 3 is 2.40 bits per heavy atom. The van der Waals surface area contributed by atoms with Crippen LogP contribution in [-0.4, -0.2) is 24.4 Å². The SMILES string of the molecule is CCOC(=O)c1c(N2C(=O)CCC2=O)sc2c1CCC(C(C)(C)C)C2. The number of thiophene rings is 1. The fourth-order valence-electron chi connectivity index (χ4n) is 3.69. The molecule has 1 aliphatic carbocycles. The number of ether oxygens (including phenoxy) is 1. The third-order valence-corrected chi connectivity index (χ3v) is 6.45. The summed E-state index contributed by atoms with van der Waals surface area (Å²) >= 11 is 1.42. The molecular formula is C19H25NO4S. The normalized spacial score (nSPS) is 20.8. The zero-order valence-corrected chi connectivity index (χ0v) is 16.1. The first-order valence-electron chi connectivity index (χ1n) is 8.91. The Bertz CT molecular complexity index is 713. The summed E-state index contributed by atoms with van der Waals surface area (Å²) in [6, 6.07) is 0. The minimum absolute atomic E-state index is 0.186. The first kappa shape index (κ1) is 18.1. The molecule has 0 saturated carbocycles. The highest BCUT2D eigenvalue weighted by atomic mass is 32.1. The van der Waals surface area contributed by atoms with Crippen molar-refractivity contribution < 1.29 is 19.1 Å². The van der Waals surface area contributed by atoms with Gasteiger partial charge in [-0.15, -0.1) is 11.3 Å². The molecule has 6 heteroatoms. The van der Waals surface area contributed by atoms with Crippen molar-refractivity contribution in [2.45, 2.75) is 59.8 Å². The number of rotatable bonds is 3. The highest BCUT2D eigenvalue weighted by Crippen LogP contribution is 2.46. The molecular weight excluding hydrogens is 338 g/mol. The average molecular weight is 363 g/mol. The van der Waals surface area contributed by atoms with Gasteiger partial charge in [0.2, 0.25) is 11.8 Å². The van der Waals surface area contributed by atoms with Crippen molar-refractivity contribution in [2.75, 3.05) is 11.5 Å². The highest BCUT2D eigenvalue weighted by Gasteiger charge is 2.39. The Balaban J connectivity index is 2.06. The van der Waals surface area contributed by atoms with Crippen LogP contribution in [0.2, 0.25) is 0 Å². The van der Waals surface area contributed by atoms with Crippen LogP contribution in [0.4, 0.5) is 5.00 Å². The minimum atomic E-state index is -0.420. The molecule has 5 nitrogen and oxygen atoms in total. The largest absolute Gasteiger partial charge is 0.462 e. The highest BCUT2D eigenvalue weighted by molar-refractivity contribution is 7.17. The van der Waals surface area contributed by atoms with E-state index in [4.69, 9.17) is 4.74 Å². The maximum absolute atomic E-state index is 12.6. The molecule has 0 bridgehead atoms. The molecule has 1 aromatic heterocycles. The van der Waals surface area contributed by atoms with Crippen LogP contribution in [-0.2, 0) is 27.2 Å². The Morgan fingerprint density at radius 1 is 1.20 bits per heavy atom. The molecule has 2 aliphatic rings. The van der Waals surface area contributed by atoms with Crippen molar-refractivity contribution in [2.24, 2.45) is 11.3 Å². The van der Waals surface area contributed by atoms with Gasteiger partial charge < -0.3 is 4.74 Å². The van der Waals surface area contributed by atoms with Gasteiger partial charge in [-0.3, -0.25) is 9.59 Å². The lowest BCUT2D eigenvalue weighted by atomic mass is 9.72. The van der Waals surface area contributed by atoms with E-state index in [0.717, 1.165) is 29.7 Å². The summed E-state index contributed by atoms with van der Waals surface area (Å²) in [6.07, 6.45) is 3.10. The van der Waals surface area contributed by atoms with E-state index < -0.39 is 5.97 Å². The van der Waals surface area contributed by atoms with Gasteiger partial charge in [0, 0.05) is 17.7 Å². The number of hydrogen-bond acceptors (Lipinski definition) is 5. The monoisotopic (exact) mass is 363 g/mol. The number of nitrogens with zero attached hydrogens (tertiary/aromatic N) is 1. The number of esters is 1. The van der Waals surface area contributed by atoms with Gasteiger partial charge in [-0.05, 0) is 43.1 Å². The first-order valence-corrected chi connectivity index (χ1v) is 9.73. The average Bonchev–Trinajstić information content (AvgIpc) is 3.05. The second-order valence-electron chi connectivity index (χ2n) is 7.83. The Morgan fingerprint density at radius 2 is 1.84 bits per heavy atom. The molecule has 1 atom stereocenters. The van der Waals surface area contributed by atoms with Crippen LogP contribution in [0.1, 0.15) is 67.8 Å². The number of amides is 2. The molecule has 1 unspecified atom stereocenters. The van der Waals surface area contributed by atoms with E-state index in [9.17, 15) is 14.4 Å². The summed E-state index contributed by atoms with van der Waals surface area (Å²) in [6.45, 7) is 8.73. The summed E-state index contributed by atoms with van der Waals surface area (Å²) in [7, 11) is 0. The smallest absolute Gasteiger partial charge is 0.341 e. The predicted octanol–water partition coefficient (Wildman–Crippen LogP) is 3.73. The van der Waals surface area contributed by atoms with E-state index in [-0.39, 0.29) is 36.7 Å². The molecule has 0 radical (unpaired) electrons. The van der Waals surface area contributed by atoms with Crippen LogP contribution in [0.15, 0.2) is 0 Å². The van der Waals surface area contributed by atoms with Gasteiger partial charge in [-0.1, -0.05) is 20.8 Å². The Labute approximate surface area is 152 Å². The zero-order chi connectivity index (χ0) is 18.4. The second kappa shape index (κ2) is 6.56. The lowest BCUT2D eigenvalue weighted by Crippen LogP contribution is -2.29. The van der Waals surface area contributed by atoms with Crippen LogP contribution in [0, 0.1) is 11.3 Å². The van der Waals surface area contributed by atoms with Crippen LogP contribution >= 0.6 is 11.3 Å². The van der Waals surface area contributed by atoms with Gasteiger partial charge in [0.1, 0.15) is 5.00 Å². The summed E-state index contributed by atoms with van der Waals surface area (Å²) in [5.74, 6) is -0.341. The van der Waals surface area contributed by atoms with Gasteiger partial charge in [-0.25, -0.2) is 9.69 Å². The fourth-order valence-corrected chi connectivity index (χ4v) is 5.13. The van der Waals surface area contributed by atoms with E-state index in [0.29, 0.717) is 16.5 Å². The number of anilines is 1. The molecule has 136 valence electrons. The van der Waals surface area contributed by atoms with E-state index in [1.807, 2.05) is 0 Å². The number of carbonyl (C=O) groups excluding carboxylic acids is 3. The standard InChI is InChI=1S/C19H25NO4S/c1-5-24-18(23)16-12-7-6-11(19(2,3)4)10-13(12)25-17(16)20-14(21)8-9-15(20)22/h11H,5-10H2,1-4H3. The molecule has 0 N–H and O–H groups in total. The number of fused-ring (bicyclic) bond motifs is 1. The topological polar surface area (TPSA) is 63.7 Å². The molecule has 2 amide bonds. The molecule has 25 heavy (non-hydrogen) atoms. The van der Waals surface area contributed by atoms with Crippen molar-refractivity contribution in [3.8, 4) is 0 Å². The van der Waals surface area contributed by atoms with Crippen molar-refractivity contribution in [3.63, 3.8) is 0 Å². The molecule has 1 saturated heterocycles. The van der Waals surface area contributed by atoms with E-state index in [1.165, 1.54) is 16.2 Å². The number of hydrogen-bond donors (Lipinski definition) is 0. The fraction of sp³-hybridized carbons (Fsp3) is 0.632. The van der Waals surface area contributed by atoms with Crippen LogP contribution in [0.25, 0.3) is 0 Å². The summed E-state index contributed by atoms with van der Waals surface area (Å²) in [4.78, 5) is 39.3. The van der Waals surface area contributed by atoms with Gasteiger partial charge in [-0.2, -0.15) is 0 Å². The van der Waals surface area contributed by atoms with Gasteiger partial charge >= 0.3 is 5.97 Å². The molecule has 0 spiro atoms. The van der Waals surface area contributed by atoms with Crippen molar-refractivity contribution in [3.05, 3.63) is 16.0 Å². The molecule has 1 aliphatic heterocycles. The summed E-state index contributed by atoms with van der Waals surface area (Å²) in [5.41, 5.74) is 1.61. The van der Waals surface area contributed by atoms with Crippen LogP contribution in [0.3, 0.4) is 0 Å². The van der Waals surface area contributed by atoms with E-state index in [2.05, 4.69) is 20.8 Å². The third kappa shape index (κ3) is 3.24. The quantitative estimate of drug-likeness (QED) is 0.606. The van der Waals surface area contributed by atoms with Gasteiger partial charge in [0.15, 0.2) is 0 Å². The van der Waals surface area contributed by atoms with Crippen molar-refractivity contribution >= 4 is 34.1 Å². The Kier molecular flexibility index (Phi) is 4.75. The maximum Gasteiger partial charge on any atom is 0.341 e. The lowest BCUT2D eigenvalue weighted by molar-refractivity contribution is -0.121. The second-order valence-corrected chi connectivity index (χ2v) is 8.92. The van der Waals surface area contributed by atoms with Crippen LogP contribution < -0.4 is 4.90 Å². The molecule has 1 aromatic rings. The minimum Gasteiger partial charge on any atom is -0.462 e. The Hall–Kier alpha value is -1.69. The number of carbonyl (C=O) groups is 3. The predicted molar refractivity (Wildman–Crippen MR) is 97.0 cm³/mol. The summed E-state index contributed by atoms with van der Waals surface area (Å²) in [5, 5.41) is 0.477. The van der Waals surface area contributed by atoms with Gasteiger partial charge in [0.25, 0.3) is 0 Å². The van der Waals surface area contributed by atoms with Crippen molar-refractivity contribution in [1.29, 1.82) is 0 Å². The molecule has 0 aromatic carbocycles. The van der Waals surface area contributed by atoms with Crippen molar-refractivity contribution in [1.82, 2.24) is 0 Å². The van der Waals surface area contributed by atoms with Gasteiger partial charge in [0.05, 0.1) is 12.2 Å². The molecule has 1 fully saturated rings. The van der Waals surface area contributed by atoms with E-state index >= 15 is 0 Å². The number of imide groups is 1. The molecule has 3 rings (SSSR count). The zero-order valence-electron chi connectivity index (χ0n) is 15.3. The first-order chi connectivity index (χ1) is 11.7. The lowest BCUT2D eigenvalue weighted by Gasteiger charge is -2.33. The summed E-state index contributed by atoms with van der Waals surface area (Å²) < 4.78 is 5.24. The van der Waals surface area contributed by atoms with Crippen LogP contribution in [0.5, 0.6) is 0 Å². The third-order valence-electron chi connectivity index (χ3n) is 5.21. The molecule has 2 heterocycles. The maximum atomic E-state index is 12.6. The van der Waals surface area contributed by atoms with E-state index in [1.54, 1.807) is 6.92 Å².